The molecule has 0 spiro atoms. The Kier molecular flexibility index (Phi) is 5.60. The summed E-state index contributed by atoms with van der Waals surface area (Å²) in [6.07, 6.45) is 1.20. The number of rotatable bonds is 6. The molecule has 144 valence electrons. The molecule has 8 nitrogen and oxygen atoms in total. The molecule has 0 aliphatic heterocycles. The summed E-state index contributed by atoms with van der Waals surface area (Å²) in [6, 6.07) is 10.4. The number of nitrogen functional groups attached to an aromatic ring is 1. The van der Waals surface area contributed by atoms with E-state index in [0.29, 0.717) is 45.7 Å². The summed E-state index contributed by atoms with van der Waals surface area (Å²) >= 11 is 6.26. The highest BCUT2D eigenvalue weighted by Crippen LogP contribution is 2.26. The molecule has 0 aliphatic carbocycles. The minimum Gasteiger partial charge on any atom is -0.398 e. The van der Waals surface area contributed by atoms with Gasteiger partial charge in [0.15, 0.2) is 5.82 Å². The normalized spacial score (nSPS) is 10.5. The van der Waals surface area contributed by atoms with Crippen LogP contribution < -0.4 is 16.4 Å². The van der Waals surface area contributed by atoms with E-state index in [0.717, 1.165) is 5.69 Å². The number of aryl methyl sites for hydroxylation is 1. The molecule has 1 aromatic heterocycles. The highest BCUT2D eigenvalue weighted by Gasteiger charge is 2.14. The van der Waals surface area contributed by atoms with Crippen molar-refractivity contribution in [2.24, 2.45) is 7.05 Å². The van der Waals surface area contributed by atoms with E-state index in [1.54, 1.807) is 48.1 Å². The molecule has 0 bridgehead atoms. The van der Waals surface area contributed by atoms with Gasteiger partial charge in [-0.15, -0.1) is 5.10 Å². The predicted octanol–water partition coefficient (Wildman–Crippen LogP) is 3.21. The number of amides is 1. The van der Waals surface area contributed by atoms with Crippen LogP contribution >= 0.6 is 11.6 Å². The molecule has 1 amide bonds. The van der Waals surface area contributed by atoms with Crippen LogP contribution in [0.2, 0.25) is 5.02 Å². The predicted molar refractivity (Wildman–Crippen MR) is 111 cm³/mol. The van der Waals surface area contributed by atoms with Crippen LogP contribution in [0.25, 0.3) is 11.4 Å². The third-order valence-electron chi connectivity index (χ3n) is 4.07. The van der Waals surface area contributed by atoms with Crippen LogP contribution in [0, 0.1) is 5.41 Å². The van der Waals surface area contributed by atoms with Crippen molar-refractivity contribution in [1.29, 1.82) is 5.41 Å². The average molecular weight is 398 g/mol. The number of carbonyl (C=O) groups is 1. The summed E-state index contributed by atoms with van der Waals surface area (Å²) in [5.41, 5.74) is 8.79. The first-order valence-electron chi connectivity index (χ1n) is 8.59. The Balaban J connectivity index is 1.87. The minimum atomic E-state index is -0.222. The Labute approximate surface area is 167 Å². The van der Waals surface area contributed by atoms with E-state index >= 15 is 0 Å². The molecule has 0 atom stereocenters. The molecule has 0 saturated carbocycles. The van der Waals surface area contributed by atoms with Gasteiger partial charge in [-0.2, -0.15) is 4.98 Å². The van der Waals surface area contributed by atoms with Crippen molar-refractivity contribution < 1.29 is 4.79 Å². The summed E-state index contributed by atoms with van der Waals surface area (Å²) in [6.45, 7) is 2.37. The van der Waals surface area contributed by atoms with E-state index in [9.17, 15) is 4.79 Å². The van der Waals surface area contributed by atoms with Crippen LogP contribution in [0.5, 0.6) is 0 Å². The fraction of sp³-hybridized carbons (Fsp3) is 0.158. The number of benzene rings is 2. The van der Waals surface area contributed by atoms with Crippen molar-refractivity contribution in [2.75, 3.05) is 17.6 Å². The second kappa shape index (κ2) is 8.10. The molecule has 28 heavy (non-hydrogen) atoms. The number of aromatic nitrogens is 3. The van der Waals surface area contributed by atoms with Crippen molar-refractivity contribution in [3.63, 3.8) is 0 Å². The molecule has 3 rings (SSSR count). The number of hydrogen-bond acceptors (Lipinski definition) is 6. The summed E-state index contributed by atoms with van der Waals surface area (Å²) in [7, 11) is 1.76. The zero-order chi connectivity index (χ0) is 20.3. The van der Waals surface area contributed by atoms with Crippen molar-refractivity contribution in [3.8, 4) is 11.4 Å². The average Bonchev–Trinajstić information content (AvgIpc) is 3.03. The number of carbonyl (C=O) groups excluding carboxylic acids is 1. The second-order valence-electron chi connectivity index (χ2n) is 6.05. The van der Waals surface area contributed by atoms with E-state index in [1.807, 2.05) is 6.92 Å². The Morgan fingerprint density at radius 1 is 1.32 bits per heavy atom. The first-order chi connectivity index (χ1) is 13.4. The number of nitrogens with two attached hydrogens (primary N) is 1. The van der Waals surface area contributed by atoms with Crippen LogP contribution in [0.1, 0.15) is 22.8 Å². The van der Waals surface area contributed by atoms with Crippen molar-refractivity contribution in [3.05, 3.63) is 52.5 Å². The molecule has 0 saturated heterocycles. The molecule has 0 radical (unpaired) electrons. The van der Waals surface area contributed by atoms with Crippen LogP contribution in [0.3, 0.4) is 0 Å². The van der Waals surface area contributed by atoms with Gasteiger partial charge in [-0.3, -0.25) is 4.79 Å². The first kappa shape index (κ1) is 19.4. The first-order valence-corrected chi connectivity index (χ1v) is 8.97. The lowest BCUT2D eigenvalue weighted by Gasteiger charge is -2.07. The molecule has 1 heterocycles. The van der Waals surface area contributed by atoms with E-state index < -0.39 is 0 Å². The van der Waals surface area contributed by atoms with Crippen LogP contribution in [-0.4, -0.2) is 33.4 Å². The maximum atomic E-state index is 12.0. The zero-order valence-corrected chi connectivity index (χ0v) is 16.2. The number of halogens is 1. The molecule has 0 unspecified atom stereocenters. The number of nitrogens with zero attached hydrogens (tertiary/aromatic N) is 3. The van der Waals surface area contributed by atoms with Crippen LogP contribution in [-0.2, 0) is 7.05 Å². The summed E-state index contributed by atoms with van der Waals surface area (Å²) in [5.74, 6) is 0.762. The molecule has 0 fully saturated rings. The Morgan fingerprint density at radius 2 is 2.11 bits per heavy atom. The van der Waals surface area contributed by atoms with Gasteiger partial charge < -0.3 is 21.8 Å². The molecule has 5 N–H and O–H groups in total. The monoisotopic (exact) mass is 397 g/mol. The number of anilines is 3. The van der Waals surface area contributed by atoms with Crippen LogP contribution in [0.4, 0.5) is 17.3 Å². The number of nitrogens with one attached hydrogen (secondary N) is 3. The third-order valence-corrected chi connectivity index (χ3v) is 4.38. The van der Waals surface area contributed by atoms with Gasteiger partial charge in [0.05, 0.1) is 10.6 Å². The molecular formula is C19H20ClN7O. The summed E-state index contributed by atoms with van der Waals surface area (Å²) in [5, 5.41) is 18.0. The molecule has 0 aliphatic rings. The van der Waals surface area contributed by atoms with Gasteiger partial charge in [0.25, 0.3) is 5.91 Å². The Morgan fingerprint density at radius 3 is 2.79 bits per heavy atom. The van der Waals surface area contributed by atoms with E-state index in [4.69, 9.17) is 22.7 Å². The van der Waals surface area contributed by atoms with Gasteiger partial charge in [0, 0.05) is 42.3 Å². The molecule has 2 aromatic carbocycles. The van der Waals surface area contributed by atoms with E-state index in [-0.39, 0.29) is 5.91 Å². The lowest BCUT2D eigenvalue weighted by molar-refractivity contribution is 0.0956. The van der Waals surface area contributed by atoms with Gasteiger partial charge in [0.1, 0.15) is 0 Å². The van der Waals surface area contributed by atoms with Gasteiger partial charge in [-0.1, -0.05) is 17.7 Å². The number of hydrogen-bond donors (Lipinski definition) is 4. The lowest BCUT2D eigenvalue weighted by Crippen LogP contribution is -2.22. The molecule has 3 aromatic rings. The smallest absolute Gasteiger partial charge is 0.252 e. The van der Waals surface area contributed by atoms with Gasteiger partial charge >= 0.3 is 0 Å². The largest absolute Gasteiger partial charge is 0.398 e. The fourth-order valence-electron chi connectivity index (χ4n) is 2.62. The third kappa shape index (κ3) is 3.96. The minimum absolute atomic E-state index is 0.222. The second-order valence-corrected chi connectivity index (χ2v) is 6.46. The standard InChI is InChI=1S/C19H20ClN7O/c1-3-23-18(28)14-6-4-11(9-15(14)20)17-25-19(27(2)26-17)24-13-5-7-16(22)12(8-13)10-21/h4-10,21H,3,22H2,1-2H3,(H,23,28)(H,24,25,26). The van der Waals surface area contributed by atoms with E-state index in [2.05, 4.69) is 20.7 Å². The maximum absolute atomic E-state index is 12.0. The molecule has 9 heteroatoms. The van der Waals surface area contributed by atoms with E-state index in [1.165, 1.54) is 6.21 Å². The zero-order valence-electron chi connectivity index (χ0n) is 15.5. The SMILES string of the molecule is CCNC(=O)c1ccc(-c2nc(Nc3ccc(N)c(C=N)c3)n(C)n2)cc1Cl. The quantitative estimate of drug-likeness (QED) is 0.376. The Hall–Kier alpha value is -3.39. The summed E-state index contributed by atoms with van der Waals surface area (Å²) < 4.78 is 1.60. The molecular weight excluding hydrogens is 378 g/mol. The highest BCUT2D eigenvalue weighted by molar-refractivity contribution is 6.34. The topological polar surface area (TPSA) is 122 Å². The van der Waals surface area contributed by atoms with Crippen molar-refractivity contribution in [1.82, 2.24) is 20.1 Å². The lowest BCUT2D eigenvalue weighted by atomic mass is 10.1. The Bertz CT molecular complexity index is 1040. The van der Waals surface area contributed by atoms with Crippen LogP contribution in [0.15, 0.2) is 36.4 Å². The van der Waals surface area contributed by atoms with Gasteiger partial charge in [-0.05, 0) is 37.3 Å². The van der Waals surface area contributed by atoms with Gasteiger partial charge in [0.2, 0.25) is 5.95 Å². The highest BCUT2D eigenvalue weighted by atomic mass is 35.5. The summed E-state index contributed by atoms with van der Waals surface area (Å²) in [4.78, 5) is 16.5. The van der Waals surface area contributed by atoms with Gasteiger partial charge in [-0.25, -0.2) is 4.68 Å². The van der Waals surface area contributed by atoms with Crippen molar-refractivity contribution >= 4 is 41.0 Å². The van der Waals surface area contributed by atoms with Crippen molar-refractivity contribution in [2.45, 2.75) is 6.92 Å². The fourth-order valence-corrected chi connectivity index (χ4v) is 2.88. The maximum Gasteiger partial charge on any atom is 0.252 e.